The van der Waals surface area contributed by atoms with E-state index in [9.17, 15) is 19.6 Å². The molecule has 0 saturated carbocycles. The lowest BCUT2D eigenvalue weighted by Gasteiger charge is -2.25. The quantitative estimate of drug-likeness (QED) is 0.220. The first-order valence-electron chi connectivity index (χ1n) is 10.0. The average molecular weight is 463 g/mol. The molecule has 1 aliphatic heterocycles. The molecule has 1 fully saturated rings. The number of likely N-dealkylation sites (tertiary alicyclic amines) is 1. The molecule has 3 rings (SSSR count). The van der Waals surface area contributed by atoms with Crippen LogP contribution in [0.25, 0.3) is 11.3 Å². The number of rotatable bonds is 9. The Morgan fingerprint density at radius 3 is 2.69 bits per heavy atom. The molecule has 7 N–H and O–H groups in total. The van der Waals surface area contributed by atoms with Crippen LogP contribution < -0.4 is 17.2 Å². The molecule has 32 heavy (non-hydrogen) atoms. The SMILES string of the molecule is NCCSC[C@H](N)C(=O)N(O)[C@H]1C[C@@H](C(N)=O)N(C(=O)c2cc(-c3ccccc3)on2)C1. The molecule has 1 aliphatic rings. The van der Waals surface area contributed by atoms with Gasteiger partial charge < -0.3 is 26.6 Å². The molecule has 2 heterocycles. The summed E-state index contributed by atoms with van der Waals surface area (Å²) >= 11 is 1.39. The molecular formula is C20H26N6O5S. The minimum Gasteiger partial charge on any atom is -0.368 e. The average Bonchev–Trinajstić information content (AvgIpc) is 3.46. The van der Waals surface area contributed by atoms with E-state index in [1.54, 1.807) is 12.1 Å². The van der Waals surface area contributed by atoms with E-state index >= 15 is 0 Å². The van der Waals surface area contributed by atoms with Crippen molar-refractivity contribution in [3.05, 3.63) is 42.1 Å². The van der Waals surface area contributed by atoms with Crippen LogP contribution >= 0.6 is 11.8 Å². The van der Waals surface area contributed by atoms with Crippen LogP contribution in [0.5, 0.6) is 0 Å². The highest BCUT2D eigenvalue weighted by Gasteiger charge is 2.43. The maximum absolute atomic E-state index is 13.0. The van der Waals surface area contributed by atoms with Gasteiger partial charge in [-0.25, -0.2) is 5.06 Å². The number of hydroxylamine groups is 2. The Balaban J connectivity index is 1.71. The molecule has 172 valence electrons. The van der Waals surface area contributed by atoms with Crippen molar-refractivity contribution in [2.24, 2.45) is 17.2 Å². The number of benzene rings is 1. The van der Waals surface area contributed by atoms with Gasteiger partial charge in [-0.15, -0.1) is 0 Å². The Labute approximate surface area is 188 Å². The predicted octanol–water partition coefficient (Wildman–Crippen LogP) is -0.353. The number of aromatic nitrogens is 1. The van der Waals surface area contributed by atoms with Crippen LogP contribution in [0.2, 0.25) is 0 Å². The lowest BCUT2D eigenvalue weighted by molar-refractivity contribution is -0.175. The Morgan fingerprint density at radius 2 is 2.03 bits per heavy atom. The molecule has 3 amide bonds. The van der Waals surface area contributed by atoms with Crippen molar-refractivity contribution in [3.8, 4) is 11.3 Å². The van der Waals surface area contributed by atoms with Gasteiger partial charge in [0.15, 0.2) is 11.5 Å². The molecule has 0 radical (unpaired) electrons. The van der Waals surface area contributed by atoms with E-state index in [-0.39, 0.29) is 24.4 Å². The second-order valence-corrected chi connectivity index (χ2v) is 8.51. The fourth-order valence-corrected chi connectivity index (χ4v) is 4.19. The zero-order chi connectivity index (χ0) is 23.3. The highest BCUT2D eigenvalue weighted by atomic mass is 32.2. The second-order valence-electron chi connectivity index (χ2n) is 7.36. The molecule has 0 bridgehead atoms. The molecule has 0 aliphatic carbocycles. The maximum Gasteiger partial charge on any atom is 0.276 e. The van der Waals surface area contributed by atoms with Crippen LogP contribution in [0.1, 0.15) is 16.9 Å². The van der Waals surface area contributed by atoms with Crippen molar-refractivity contribution in [1.29, 1.82) is 0 Å². The van der Waals surface area contributed by atoms with Crippen LogP contribution in [0.3, 0.4) is 0 Å². The first-order chi connectivity index (χ1) is 15.3. The van der Waals surface area contributed by atoms with Gasteiger partial charge in [-0.2, -0.15) is 11.8 Å². The van der Waals surface area contributed by atoms with Crippen LogP contribution in [-0.2, 0) is 9.59 Å². The smallest absolute Gasteiger partial charge is 0.276 e. The summed E-state index contributed by atoms with van der Waals surface area (Å²) in [6.45, 7) is 0.341. The number of amides is 3. The zero-order valence-electron chi connectivity index (χ0n) is 17.3. The van der Waals surface area contributed by atoms with Crippen molar-refractivity contribution in [2.75, 3.05) is 24.6 Å². The molecule has 1 aromatic carbocycles. The van der Waals surface area contributed by atoms with Gasteiger partial charge in [0.25, 0.3) is 11.8 Å². The zero-order valence-corrected chi connectivity index (χ0v) is 18.1. The molecule has 0 unspecified atom stereocenters. The number of nitrogens with zero attached hydrogens (tertiary/aromatic N) is 3. The third-order valence-electron chi connectivity index (χ3n) is 5.10. The van der Waals surface area contributed by atoms with E-state index in [0.717, 1.165) is 5.56 Å². The van der Waals surface area contributed by atoms with E-state index in [1.165, 1.54) is 22.7 Å². The first-order valence-corrected chi connectivity index (χ1v) is 11.2. The Bertz CT molecular complexity index is 955. The summed E-state index contributed by atoms with van der Waals surface area (Å²) in [6.07, 6.45) is -0.0185. The summed E-state index contributed by atoms with van der Waals surface area (Å²) in [6, 6.07) is 7.75. The van der Waals surface area contributed by atoms with Gasteiger partial charge in [-0.3, -0.25) is 19.6 Å². The standard InChI is InChI=1S/C20H26N6O5S/c21-6-7-32-11-14(22)19(28)26(30)13-8-16(18(23)27)25(10-13)20(29)15-9-17(31-24-15)12-4-2-1-3-5-12/h1-5,9,13-14,16,30H,6-8,10-11,21-22H2,(H2,23,27)/t13-,14-,16-/m0/s1. The van der Waals surface area contributed by atoms with Crippen molar-refractivity contribution in [2.45, 2.75) is 24.5 Å². The molecule has 1 saturated heterocycles. The van der Waals surface area contributed by atoms with Crippen molar-refractivity contribution in [3.63, 3.8) is 0 Å². The fourth-order valence-electron chi connectivity index (χ4n) is 3.46. The lowest BCUT2D eigenvalue weighted by atomic mass is 10.1. The molecule has 12 heteroatoms. The number of nitrogens with two attached hydrogens (primary N) is 3. The summed E-state index contributed by atoms with van der Waals surface area (Å²) < 4.78 is 5.26. The van der Waals surface area contributed by atoms with Crippen molar-refractivity contribution in [1.82, 2.24) is 15.1 Å². The highest BCUT2D eigenvalue weighted by Crippen LogP contribution is 2.26. The van der Waals surface area contributed by atoms with Gasteiger partial charge in [0.2, 0.25) is 5.91 Å². The van der Waals surface area contributed by atoms with Crippen LogP contribution in [0.15, 0.2) is 40.9 Å². The fraction of sp³-hybridized carbons (Fsp3) is 0.400. The highest BCUT2D eigenvalue weighted by molar-refractivity contribution is 7.99. The number of carbonyl (C=O) groups is 3. The van der Waals surface area contributed by atoms with Gasteiger partial charge in [-0.05, 0) is 0 Å². The van der Waals surface area contributed by atoms with Crippen molar-refractivity contribution >= 4 is 29.5 Å². The number of hydrogen-bond acceptors (Lipinski definition) is 9. The molecule has 11 nitrogen and oxygen atoms in total. The maximum atomic E-state index is 13.0. The number of thioether (sulfide) groups is 1. The normalized spacial score (nSPS) is 19.0. The van der Waals surface area contributed by atoms with Crippen LogP contribution in [0.4, 0.5) is 0 Å². The van der Waals surface area contributed by atoms with E-state index in [1.807, 2.05) is 18.2 Å². The minimum atomic E-state index is -1.02. The largest absolute Gasteiger partial charge is 0.368 e. The van der Waals surface area contributed by atoms with E-state index in [4.69, 9.17) is 21.7 Å². The topological polar surface area (TPSA) is 182 Å². The number of primary amides is 1. The Morgan fingerprint density at radius 1 is 1.31 bits per heavy atom. The second kappa shape index (κ2) is 10.6. The van der Waals surface area contributed by atoms with Crippen LogP contribution in [0, 0.1) is 0 Å². The molecule has 1 aromatic heterocycles. The van der Waals surface area contributed by atoms with Crippen molar-refractivity contribution < 1.29 is 24.1 Å². The predicted molar refractivity (Wildman–Crippen MR) is 117 cm³/mol. The van der Waals surface area contributed by atoms with Gasteiger partial charge in [0, 0.05) is 42.6 Å². The Kier molecular flexibility index (Phi) is 7.85. The number of carbonyl (C=O) groups excluding carboxylic acids is 3. The van der Waals surface area contributed by atoms with Gasteiger partial charge in [0.1, 0.15) is 6.04 Å². The van der Waals surface area contributed by atoms with Gasteiger partial charge in [0.05, 0.1) is 12.1 Å². The summed E-state index contributed by atoms with van der Waals surface area (Å²) in [5.74, 6) is -0.750. The summed E-state index contributed by atoms with van der Waals surface area (Å²) in [7, 11) is 0. The minimum absolute atomic E-state index is 0.0125. The van der Waals surface area contributed by atoms with E-state index in [2.05, 4.69) is 5.16 Å². The molecule has 0 spiro atoms. The van der Waals surface area contributed by atoms with E-state index < -0.39 is 35.8 Å². The lowest BCUT2D eigenvalue weighted by Crippen LogP contribution is -2.49. The van der Waals surface area contributed by atoms with Gasteiger partial charge >= 0.3 is 0 Å². The third-order valence-corrected chi connectivity index (χ3v) is 6.22. The monoisotopic (exact) mass is 462 g/mol. The third kappa shape index (κ3) is 5.27. The van der Waals surface area contributed by atoms with Crippen LogP contribution in [-0.4, -0.2) is 80.8 Å². The summed E-state index contributed by atoms with van der Waals surface area (Å²) in [4.78, 5) is 38.7. The molecule has 2 aromatic rings. The van der Waals surface area contributed by atoms with E-state index in [0.29, 0.717) is 23.1 Å². The van der Waals surface area contributed by atoms with Gasteiger partial charge in [-0.1, -0.05) is 35.5 Å². The number of hydrogen-bond donors (Lipinski definition) is 4. The Hall–Kier alpha value is -2.93. The summed E-state index contributed by atoms with van der Waals surface area (Å²) in [5.41, 5.74) is 17.5. The first kappa shape index (κ1) is 23.7. The molecular weight excluding hydrogens is 436 g/mol. The molecule has 3 atom stereocenters. The summed E-state index contributed by atoms with van der Waals surface area (Å²) in [5, 5.41) is 14.7.